The first-order chi connectivity index (χ1) is 13.6. The van der Waals surface area contributed by atoms with E-state index in [2.05, 4.69) is 117 Å². The summed E-state index contributed by atoms with van der Waals surface area (Å²) in [7, 11) is 0. The third-order valence-corrected chi connectivity index (χ3v) is 5.26. The summed E-state index contributed by atoms with van der Waals surface area (Å²) in [4.78, 5) is 0. The molecule has 4 rings (SSSR count). The summed E-state index contributed by atoms with van der Waals surface area (Å²) in [6.45, 7) is 6.42. The fourth-order valence-electron chi connectivity index (χ4n) is 3.45. The van der Waals surface area contributed by atoms with Gasteiger partial charge >= 0.3 is 0 Å². The average Bonchev–Trinajstić information content (AvgIpc) is 2.72. The largest absolute Gasteiger partial charge is 0.356 e. The minimum atomic E-state index is 1.10. The van der Waals surface area contributed by atoms with Crippen molar-refractivity contribution in [3.8, 4) is 22.3 Å². The molecule has 1 heteroatoms. The normalized spacial score (nSPS) is 10.7. The maximum Gasteiger partial charge on any atom is 0.0390 e. The first-order valence-electron chi connectivity index (χ1n) is 9.71. The molecule has 0 atom stereocenters. The highest BCUT2D eigenvalue weighted by atomic mass is 14.9. The van der Waals surface area contributed by atoms with Crippen LogP contribution in [0.25, 0.3) is 22.3 Å². The van der Waals surface area contributed by atoms with E-state index in [-0.39, 0.29) is 0 Å². The Kier molecular flexibility index (Phi) is 4.99. The molecule has 0 saturated carbocycles. The quantitative estimate of drug-likeness (QED) is 0.392. The second kappa shape index (κ2) is 7.74. The Balaban J connectivity index is 1.78. The second-order valence-electron chi connectivity index (χ2n) is 7.42. The van der Waals surface area contributed by atoms with E-state index >= 15 is 0 Å². The Morgan fingerprint density at radius 2 is 1.14 bits per heavy atom. The van der Waals surface area contributed by atoms with Crippen LogP contribution in [0.2, 0.25) is 0 Å². The lowest BCUT2D eigenvalue weighted by Gasteiger charge is -2.15. The summed E-state index contributed by atoms with van der Waals surface area (Å²) in [5.41, 5.74) is 11.0. The first-order valence-corrected chi connectivity index (χ1v) is 9.71. The van der Waals surface area contributed by atoms with Gasteiger partial charge in [0.1, 0.15) is 0 Å². The van der Waals surface area contributed by atoms with Crippen molar-refractivity contribution >= 4 is 11.4 Å². The van der Waals surface area contributed by atoms with Crippen LogP contribution in [0.3, 0.4) is 0 Å². The Morgan fingerprint density at radius 1 is 0.500 bits per heavy atom. The van der Waals surface area contributed by atoms with E-state index in [1.54, 1.807) is 0 Å². The van der Waals surface area contributed by atoms with Crippen molar-refractivity contribution in [3.63, 3.8) is 0 Å². The van der Waals surface area contributed by atoms with Crippen molar-refractivity contribution in [1.29, 1.82) is 0 Å². The van der Waals surface area contributed by atoms with Crippen LogP contribution in [0.1, 0.15) is 16.7 Å². The van der Waals surface area contributed by atoms with Crippen molar-refractivity contribution in [1.82, 2.24) is 0 Å². The molecule has 28 heavy (non-hydrogen) atoms. The SMILES string of the molecule is Cc1ccc(-c2cc(Nc3ccc(C)c(C)c3)ccc2-c2ccccc2)cc1. The third-order valence-electron chi connectivity index (χ3n) is 5.26. The van der Waals surface area contributed by atoms with Crippen LogP contribution in [0.5, 0.6) is 0 Å². The molecular weight excluding hydrogens is 338 g/mol. The van der Waals surface area contributed by atoms with Crippen LogP contribution < -0.4 is 5.32 Å². The molecule has 0 saturated heterocycles. The molecule has 0 amide bonds. The van der Waals surface area contributed by atoms with E-state index in [4.69, 9.17) is 0 Å². The molecule has 0 spiro atoms. The molecule has 4 aromatic rings. The van der Waals surface area contributed by atoms with Gasteiger partial charge in [-0.1, -0.05) is 72.3 Å². The topological polar surface area (TPSA) is 12.0 Å². The van der Waals surface area contributed by atoms with Gasteiger partial charge in [-0.05, 0) is 78.4 Å². The first kappa shape index (κ1) is 18.1. The van der Waals surface area contributed by atoms with E-state index < -0.39 is 0 Å². The van der Waals surface area contributed by atoms with Crippen LogP contribution in [-0.2, 0) is 0 Å². The molecule has 0 unspecified atom stereocenters. The monoisotopic (exact) mass is 363 g/mol. The zero-order valence-corrected chi connectivity index (χ0v) is 16.7. The number of hydrogen-bond donors (Lipinski definition) is 1. The maximum atomic E-state index is 3.57. The summed E-state index contributed by atoms with van der Waals surface area (Å²) >= 11 is 0. The molecule has 1 N–H and O–H groups in total. The predicted molar refractivity (Wildman–Crippen MR) is 121 cm³/mol. The Hall–Kier alpha value is -3.32. The van der Waals surface area contributed by atoms with E-state index in [0.29, 0.717) is 0 Å². The van der Waals surface area contributed by atoms with E-state index in [1.165, 1.54) is 38.9 Å². The van der Waals surface area contributed by atoms with Gasteiger partial charge in [0, 0.05) is 11.4 Å². The predicted octanol–water partition coefficient (Wildman–Crippen LogP) is 7.69. The van der Waals surface area contributed by atoms with Gasteiger partial charge in [0.2, 0.25) is 0 Å². The lowest BCUT2D eigenvalue weighted by molar-refractivity contribution is 1.34. The van der Waals surface area contributed by atoms with E-state index in [0.717, 1.165) is 11.4 Å². The highest BCUT2D eigenvalue weighted by molar-refractivity contribution is 5.86. The van der Waals surface area contributed by atoms with Crippen LogP contribution in [0.4, 0.5) is 11.4 Å². The van der Waals surface area contributed by atoms with Crippen molar-refractivity contribution in [2.75, 3.05) is 5.32 Å². The molecule has 138 valence electrons. The highest BCUT2D eigenvalue weighted by Crippen LogP contribution is 2.35. The minimum Gasteiger partial charge on any atom is -0.356 e. The van der Waals surface area contributed by atoms with Crippen molar-refractivity contribution in [2.24, 2.45) is 0 Å². The number of aryl methyl sites for hydroxylation is 3. The molecule has 0 aliphatic heterocycles. The van der Waals surface area contributed by atoms with E-state index in [9.17, 15) is 0 Å². The third kappa shape index (κ3) is 3.84. The number of nitrogens with one attached hydrogen (secondary N) is 1. The molecule has 1 nitrogen and oxygen atoms in total. The van der Waals surface area contributed by atoms with Gasteiger partial charge in [-0.15, -0.1) is 0 Å². The zero-order chi connectivity index (χ0) is 19.5. The van der Waals surface area contributed by atoms with Gasteiger partial charge in [0.05, 0.1) is 0 Å². The Bertz CT molecular complexity index is 1090. The van der Waals surface area contributed by atoms with Crippen LogP contribution in [0.15, 0.2) is 91.0 Å². The zero-order valence-electron chi connectivity index (χ0n) is 16.7. The molecule has 0 radical (unpaired) electrons. The summed E-state index contributed by atoms with van der Waals surface area (Å²) in [5.74, 6) is 0. The Labute approximate surface area is 167 Å². The van der Waals surface area contributed by atoms with Gasteiger partial charge in [-0.2, -0.15) is 0 Å². The van der Waals surface area contributed by atoms with Gasteiger partial charge < -0.3 is 5.32 Å². The fraction of sp³-hybridized carbons (Fsp3) is 0.111. The maximum absolute atomic E-state index is 3.57. The average molecular weight is 364 g/mol. The van der Waals surface area contributed by atoms with Crippen LogP contribution in [0, 0.1) is 20.8 Å². The molecule has 0 bridgehead atoms. The van der Waals surface area contributed by atoms with Gasteiger partial charge in [-0.25, -0.2) is 0 Å². The molecule has 0 aliphatic rings. The van der Waals surface area contributed by atoms with Crippen LogP contribution in [-0.4, -0.2) is 0 Å². The second-order valence-corrected chi connectivity index (χ2v) is 7.42. The number of rotatable bonds is 4. The summed E-state index contributed by atoms with van der Waals surface area (Å²) in [6.07, 6.45) is 0. The Morgan fingerprint density at radius 3 is 1.86 bits per heavy atom. The lowest BCUT2D eigenvalue weighted by Crippen LogP contribution is -1.94. The van der Waals surface area contributed by atoms with E-state index in [1.807, 2.05) is 0 Å². The number of anilines is 2. The number of hydrogen-bond acceptors (Lipinski definition) is 1. The summed E-state index contributed by atoms with van der Waals surface area (Å²) < 4.78 is 0. The smallest absolute Gasteiger partial charge is 0.0390 e. The fourth-order valence-corrected chi connectivity index (χ4v) is 3.45. The molecule has 0 aromatic heterocycles. The van der Waals surface area contributed by atoms with Crippen molar-refractivity contribution < 1.29 is 0 Å². The lowest BCUT2D eigenvalue weighted by atomic mass is 9.93. The summed E-state index contributed by atoms with van der Waals surface area (Å²) in [5, 5.41) is 3.57. The molecular formula is C27H25N. The summed E-state index contributed by atoms with van der Waals surface area (Å²) in [6, 6.07) is 32.5. The highest BCUT2D eigenvalue weighted by Gasteiger charge is 2.09. The molecule has 0 fully saturated rings. The van der Waals surface area contributed by atoms with Crippen molar-refractivity contribution in [3.05, 3.63) is 108 Å². The van der Waals surface area contributed by atoms with Crippen molar-refractivity contribution in [2.45, 2.75) is 20.8 Å². The molecule has 0 heterocycles. The van der Waals surface area contributed by atoms with Gasteiger partial charge in [0.25, 0.3) is 0 Å². The molecule has 4 aromatic carbocycles. The molecule has 0 aliphatic carbocycles. The number of benzene rings is 4. The minimum absolute atomic E-state index is 1.10. The van der Waals surface area contributed by atoms with Gasteiger partial charge in [-0.3, -0.25) is 0 Å². The standard InChI is InChI=1S/C27H25N/c1-19-9-12-23(13-10-19)27-18-25(28-24-14-11-20(2)21(3)17-24)15-16-26(27)22-7-5-4-6-8-22/h4-18,28H,1-3H3. The van der Waals surface area contributed by atoms with Crippen LogP contribution >= 0.6 is 0 Å². The van der Waals surface area contributed by atoms with Gasteiger partial charge in [0.15, 0.2) is 0 Å².